The van der Waals surface area contributed by atoms with Crippen LogP contribution in [0.1, 0.15) is 48.0 Å². The molecule has 1 N–H and O–H groups in total. The lowest BCUT2D eigenvalue weighted by molar-refractivity contribution is -0.00310. The first-order valence-electron chi connectivity index (χ1n) is 16.1. The first-order valence-corrected chi connectivity index (χ1v) is 18.5. The summed E-state index contributed by atoms with van der Waals surface area (Å²) in [7, 11) is -3.92. The minimum Gasteiger partial charge on any atom is -0.462 e. The Labute approximate surface area is 288 Å². The SMILES string of the molecule is CCOC(=O)c1cc(C#N)c(N=Nc2ccc(N(CC)CCOCCOCCOCCOCCN(CC)CCCS(=O)(=O)O)cc2C)s1. The Morgan fingerprint density at radius 2 is 1.52 bits per heavy atom. The topological polar surface area (TPSA) is 173 Å². The number of ether oxygens (including phenoxy) is 5. The van der Waals surface area contributed by atoms with E-state index in [2.05, 4.69) is 33.0 Å². The molecule has 0 aliphatic heterocycles. The maximum atomic E-state index is 12.0. The van der Waals surface area contributed by atoms with E-state index in [1.54, 1.807) is 6.92 Å². The second-order valence-corrected chi connectivity index (χ2v) is 13.0. The maximum Gasteiger partial charge on any atom is 0.348 e. The van der Waals surface area contributed by atoms with Gasteiger partial charge < -0.3 is 33.5 Å². The van der Waals surface area contributed by atoms with E-state index in [1.165, 1.54) is 6.07 Å². The summed E-state index contributed by atoms with van der Waals surface area (Å²) in [6, 6.07) is 9.42. The third kappa shape index (κ3) is 16.4. The second kappa shape index (κ2) is 23.4. The molecule has 1 aromatic heterocycles. The minimum atomic E-state index is -3.92. The molecule has 0 aliphatic rings. The van der Waals surface area contributed by atoms with E-state index in [1.807, 2.05) is 32.0 Å². The summed E-state index contributed by atoms with van der Waals surface area (Å²) in [5.41, 5.74) is 2.91. The fourth-order valence-corrected chi connectivity index (χ4v) is 5.70. The lowest BCUT2D eigenvalue weighted by Gasteiger charge is -2.23. The summed E-state index contributed by atoms with van der Waals surface area (Å²) in [5.74, 6) is -0.713. The van der Waals surface area contributed by atoms with Crippen molar-refractivity contribution in [2.45, 2.75) is 34.1 Å². The van der Waals surface area contributed by atoms with Crippen LogP contribution in [0.3, 0.4) is 0 Å². The lowest BCUT2D eigenvalue weighted by Crippen LogP contribution is -2.30. The molecule has 1 aromatic carbocycles. The van der Waals surface area contributed by atoms with Gasteiger partial charge in [0.2, 0.25) is 0 Å². The molecule has 14 nitrogen and oxygen atoms in total. The van der Waals surface area contributed by atoms with Crippen LogP contribution in [0.5, 0.6) is 0 Å². The summed E-state index contributed by atoms with van der Waals surface area (Å²) >= 11 is 1.08. The monoisotopic (exact) mass is 711 g/mol. The number of aryl methyl sites for hydroxylation is 1. The number of azo groups is 1. The fourth-order valence-electron chi connectivity index (χ4n) is 4.39. The highest BCUT2D eigenvalue weighted by molar-refractivity contribution is 7.85. The van der Waals surface area contributed by atoms with E-state index in [0.29, 0.717) is 94.5 Å². The molecule has 16 heteroatoms. The molecule has 0 atom stereocenters. The summed E-state index contributed by atoms with van der Waals surface area (Å²) in [5, 5.41) is 18.3. The predicted molar refractivity (Wildman–Crippen MR) is 185 cm³/mol. The molecule has 0 fully saturated rings. The van der Waals surface area contributed by atoms with Crippen molar-refractivity contribution >= 4 is 43.8 Å². The summed E-state index contributed by atoms with van der Waals surface area (Å²) in [4.78, 5) is 16.6. The average Bonchev–Trinajstić information content (AvgIpc) is 3.48. The number of rotatable bonds is 26. The largest absolute Gasteiger partial charge is 0.462 e. The van der Waals surface area contributed by atoms with Gasteiger partial charge in [0.15, 0.2) is 5.00 Å². The fraction of sp³-hybridized carbons (Fsp3) is 0.625. The van der Waals surface area contributed by atoms with Crippen molar-refractivity contribution in [2.75, 3.05) is 103 Å². The van der Waals surface area contributed by atoms with Crippen molar-refractivity contribution in [1.29, 1.82) is 5.26 Å². The van der Waals surface area contributed by atoms with Gasteiger partial charge in [0, 0.05) is 25.3 Å². The molecule has 2 rings (SSSR count). The van der Waals surface area contributed by atoms with E-state index in [4.69, 9.17) is 28.2 Å². The molecule has 48 heavy (non-hydrogen) atoms. The van der Waals surface area contributed by atoms with Gasteiger partial charge in [0.1, 0.15) is 10.9 Å². The molecule has 0 radical (unpaired) electrons. The van der Waals surface area contributed by atoms with E-state index in [9.17, 15) is 18.5 Å². The number of thiophene rings is 1. The zero-order chi connectivity index (χ0) is 35.2. The molecule has 0 spiro atoms. The number of carbonyl (C=O) groups is 1. The van der Waals surface area contributed by atoms with Crippen LogP contribution in [0.15, 0.2) is 34.5 Å². The van der Waals surface area contributed by atoms with Crippen LogP contribution in [0.4, 0.5) is 16.4 Å². The highest BCUT2D eigenvalue weighted by atomic mass is 32.2. The van der Waals surface area contributed by atoms with E-state index in [-0.39, 0.29) is 17.9 Å². The standard InChI is InChI=1S/C32H49N5O9S2/c1-5-36(11-8-22-48(39,40)41)12-14-42-16-18-44-20-21-45-19-17-43-15-13-37(6-2)28-9-10-29(26(4)23-28)34-35-31-27(25-33)24-30(47-31)32(38)46-7-3/h9-10,23-24H,5-8,11-22H2,1-4H3,(H,39,40,41). The number of carbonyl (C=O) groups excluding carboxylic acids is 1. The van der Waals surface area contributed by atoms with Crippen LogP contribution in [-0.2, 0) is 33.8 Å². The molecule has 0 amide bonds. The van der Waals surface area contributed by atoms with Crippen molar-refractivity contribution in [2.24, 2.45) is 10.2 Å². The van der Waals surface area contributed by atoms with Gasteiger partial charge in [-0.1, -0.05) is 6.92 Å². The normalized spacial score (nSPS) is 11.8. The molecule has 0 saturated carbocycles. The third-order valence-electron chi connectivity index (χ3n) is 6.98. The molecular weight excluding hydrogens is 663 g/mol. The van der Waals surface area contributed by atoms with Gasteiger partial charge >= 0.3 is 5.97 Å². The van der Waals surface area contributed by atoms with Gasteiger partial charge in [0.05, 0.1) is 76.5 Å². The first-order chi connectivity index (χ1) is 23.1. The molecule has 0 unspecified atom stereocenters. The van der Waals surface area contributed by atoms with Crippen molar-refractivity contribution in [3.8, 4) is 6.07 Å². The van der Waals surface area contributed by atoms with Gasteiger partial charge in [0.25, 0.3) is 10.1 Å². The van der Waals surface area contributed by atoms with Crippen LogP contribution in [0.2, 0.25) is 0 Å². The Bertz CT molecular complexity index is 1410. The Balaban J connectivity index is 1.59. The lowest BCUT2D eigenvalue weighted by atomic mass is 10.1. The number of likely N-dealkylation sites (N-methyl/N-ethyl adjacent to an activating group) is 2. The van der Waals surface area contributed by atoms with Gasteiger partial charge in [-0.25, -0.2) is 4.79 Å². The molecule has 268 valence electrons. The molecular formula is C32H49N5O9S2. The van der Waals surface area contributed by atoms with Gasteiger partial charge in [-0.15, -0.1) is 21.6 Å². The Hall–Kier alpha value is -3.01. The highest BCUT2D eigenvalue weighted by Crippen LogP contribution is 2.33. The molecule has 0 saturated heterocycles. The Kier molecular flexibility index (Phi) is 20.0. The van der Waals surface area contributed by atoms with E-state index in [0.717, 1.165) is 35.7 Å². The Morgan fingerprint density at radius 1 is 0.896 bits per heavy atom. The summed E-state index contributed by atoms with van der Waals surface area (Å²) in [6.07, 6.45) is 0.385. The third-order valence-corrected chi connectivity index (χ3v) is 8.79. The van der Waals surface area contributed by atoms with Crippen LogP contribution in [-0.4, -0.2) is 122 Å². The van der Waals surface area contributed by atoms with Crippen molar-refractivity contribution < 1.29 is 41.4 Å². The predicted octanol–water partition coefficient (Wildman–Crippen LogP) is 5.01. The van der Waals surface area contributed by atoms with Crippen molar-refractivity contribution in [3.63, 3.8) is 0 Å². The number of nitriles is 1. The number of esters is 1. The van der Waals surface area contributed by atoms with Crippen LogP contribution in [0, 0.1) is 18.3 Å². The van der Waals surface area contributed by atoms with Gasteiger partial charge in [-0.2, -0.15) is 13.7 Å². The zero-order valence-electron chi connectivity index (χ0n) is 28.4. The van der Waals surface area contributed by atoms with Crippen LogP contribution < -0.4 is 4.90 Å². The van der Waals surface area contributed by atoms with E-state index >= 15 is 0 Å². The number of nitrogens with zero attached hydrogens (tertiary/aromatic N) is 5. The average molecular weight is 712 g/mol. The molecule has 0 bridgehead atoms. The van der Waals surface area contributed by atoms with Crippen LogP contribution >= 0.6 is 11.3 Å². The van der Waals surface area contributed by atoms with Crippen LogP contribution in [0.25, 0.3) is 0 Å². The van der Waals surface area contributed by atoms with Gasteiger partial charge in [-0.3, -0.25) is 4.55 Å². The quantitative estimate of drug-likeness (QED) is 0.0599. The van der Waals surface area contributed by atoms with E-state index < -0.39 is 16.1 Å². The molecule has 1 heterocycles. The number of benzene rings is 1. The first kappa shape index (κ1) is 41.2. The number of hydrogen-bond acceptors (Lipinski definition) is 14. The summed E-state index contributed by atoms with van der Waals surface area (Å²) in [6.45, 7) is 15.4. The highest BCUT2D eigenvalue weighted by Gasteiger charge is 2.16. The zero-order valence-corrected chi connectivity index (χ0v) is 30.0. The number of anilines is 1. The second-order valence-electron chi connectivity index (χ2n) is 10.4. The minimum absolute atomic E-state index is 0.232. The number of hydrogen-bond donors (Lipinski definition) is 1. The van der Waals surface area contributed by atoms with Crippen molar-refractivity contribution in [1.82, 2.24) is 4.90 Å². The van der Waals surface area contributed by atoms with Crippen molar-refractivity contribution in [3.05, 3.63) is 40.3 Å². The smallest absolute Gasteiger partial charge is 0.348 e. The molecule has 0 aliphatic carbocycles. The summed E-state index contributed by atoms with van der Waals surface area (Å²) < 4.78 is 57.9. The maximum absolute atomic E-state index is 12.0. The molecule has 2 aromatic rings. The van der Waals surface area contributed by atoms with Gasteiger partial charge in [-0.05, 0) is 70.1 Å². The Morgan fingerprint density at radius 3 is 2.06 bits per heavy atom.